The van der Waals surface area contributed by atoms with Crippen molar-refractivity contribution in [2.24, 2.45) is 11.3 Å². The van der Waals surface area contributed by atoms with Gasteiger partial charge in [-0.05, 0) is 115 Å². The Morgan fingerprint density at radius 2 is 1.75 bits per heavy atom. The number of pyridine rings is 2. The topological polar surface area (TPSA) is 133 Å². The van der Waals surface area contributed by atoms with Crippen LogP contribution in [-0.4, -0.2) is 73.7 Å². The van der Waals surface area contributed by atoms with E-state index in [1.54, 1.807) is 24.4 Å². The average Bonchev–Trinajstić information content (AvgIpc) is 3.72. The Morgan fingerprint density at radius 3 is 2.44 bits per heavy atom. The van der Waals surface area contributed by atoms with Crippen molar-refractivity contribution in [2.45, 2.75) is 109 Å². The van der Waals surface area contributed by atoms with E-state index in [1.165, 1.54) is 10.7 Å². The minimum atomic E-state index is -4.19. The van der Waals surface area contributed by atoms with Crippen molar-refractivity contribution >= 4 is 41.4 Å². The first-order valence-electron chi connectivity index (χ1n) is 19.7. The molecule has 0 spiro atoms. The van der Waals surface area contributed by atoms with Crippen LogP contribution in [0.4, 0.5) is 23.8 Å². The molecule has 2 amide bonds. The van der Waals surface area contributed by atoms with Gasteiger partial charge >= 0.3 is 12.3 Å². The van der Waals surface area contributed by atoms with Gasteiger partial charge in [-0.15, -0.1) is 5.10 Å². The third kappa shape index (κ3) is 11.7. The normalized spacial score (nSPS) is 17.0. The highest BCUT2D eigenvalue weighted by atomic mass is 35.5. The van der Waals surface area contributed by atoms with Crippen molar-refractivity contribution in [1.82, 2.24) is 29.4 Å². The molecule has 4 heterocycles. The van der Waals surface area contributed by atoms with Crippen LogP contribution in [0.2, 0.25) is 5.15 Å². The highest BCUT2D eigenvalue weighted by Gasteiger charge is 2.62. The van der Waals surface area contributed by atoms with Gasteiger partial charge in [0.2, 0.25) is 5.88 Å². The van der Waals surface area contributed by atoms with Crippen LogP contribution in [0.25, 0.3) is 5.82 Å². The van der Waals surface area contributed by atoms with E-state index >= 15 is 0 Å². The smallest absolute Gasteiger partial charge is 0.410 e. The third-order valence-corrected chi connectivity index (χ3v) is 11.4. The molecule has 3 aromatic heterocycles. The molecule has 59 heavy (non-hydrogen) atoms. The summed E-state index contributed by atoms with van der Waals surface area (Å²) < 4.78 is 61.2. The van der Waals surface area contributed by atoms with E-state index in [4.69, 9.17) is 30.8 Å². The van der Waals surface area contributed by atoms with Crippen LogP contribution >= 0.6 is 23.5 Å². The molecule has 1 aromatic carbocycles. The van der Waals surface area contributed by atoms with Crippen molar-refractivity contribution in [2.75, 3.05) is 25.0 Å². The number of halogens is 4. The Kier molecular flexibility index (Phi) is 13.6. The zero-order valence-corrected chi connectivity index (χ0v) is 35.5. The Hall–Kier alpha value is -4.70. The van der Waals surface area contributed by atoms with Crippen molar-refractivity contribution in [3.8, 4) is 17.4 Å². The number of benzene rings is 1. The molecule has 17 heteroatoms. The van der Waals surface area contributed by atoms with Crippen LogP contribution in [0.3, 0.4) is 0 Å². The van der Waals surface area contributed by atoms with Crippen LogP contribution in [0, 0.1) is 11.3 Å². The Labute approximate surface area is 352 Å². The predicted octanol–water partition coefficient (Wildman–Crippen LogP) is 10.1. The fourth-order valence-electron chi connectivity index (χ4n) is 7.08. The van der Waals surface area contributed by atoms with Gasteiger partial charge in [0.05, 0.1) is 17.6 Å². The van der Waals surface area contributed by atoms with Gasteiger partial charge in [-0.25, -0.2) is 19.4 Å². The molecule has 1 aliphatic heterocycles. The second-order valence-electron chi connectivity index (χ2n) is 16.7. The Bertz CT molecular complexity index is 2080. The lowest BCUT2D eigenvalue weighted by molar-refractivity contribution is -0.189. The molecular weight excluding hydrogens is 807 g/mol. The molecule has 1 saturated carbocycles. The number of nitrogens with one attached hydrogen (secondary N) is 2. The monoisotopic (exact) mass is 857 g/mol. The lowest BCUT2D eigenvalue weighted by Crippen LogP contribution is -2.45. The molecule has 318 valence electrons. The first kappa shape index (κ1) is 43.9. The maximum absolute atomic E-state index is 13.2. The number of aromatic nitrogens is 4. The summed E-state index contributed by atoms with van der Waals surface area (Å²) in [6, 6.07) is 18.0. The fourth-order valence-corrected chi connectivity index (χ4v) is 7.90. The van der Waals surface area contributed by atoms with Gasteiger partial charge in [0.15, 0.2) is 17.4 Å². The SMILES string of the molecule is CC(C)(C)OC(=O)N1C[C@@H](CCCNc2nc(SNC(=O)c3ccc(-n4ccc(OCCCC5(C(F)(F)F)CC5)n4)nc3Cl)ccc2OCc2ccccc2)CC1(C)C. The van der Waals surface area contributed by atoms with Crippen LogP contribution in [0.15, 0.2) is 71.9 Å². The first-order valence-corrected chi connectivity index (χ1v) is 20.9. The lowest BCUT2D eigenvalue weighted by atomic mass is 9.93. The van der Waals surface area contributed by atoms with Crippen molar-refractivity contribution in [3.63, 3.8) is 0 Å². The molecule has 1 saturated heterocycles. The summed E-state index contributed by atoms with van der Waals surface area (Å²) in [7, 11) is 0. The predicted molar refractivity (Wildman–Crippen MR) is 220 cm³/mol. The van der Waals surface area contributed by atoms with Crippen LogP contribution < -0.4 is 19.5 Å². The molecular formula is C42H51ClF3N7O5S. The molecule has 2 aliphatic rings. The van der Waals surface area contributed by atoms with Gasteiger partial charge < -0.3 is 24.4 Å². The molecule has 0 bridgehead atoms. The minimum Gasteiger partial charge on any atom is -0.485 e. The second-order valence-corrected chi connectivity index (χ2v) is 17.9. The third-order valence-electron chi connectivity index (χ3n) is 10.4. The highest BCUT2D eigenvalue weighted by Crippen LogP contribution is 2.60. The summed E-state index contributed by atoms with van der Waals surface area (Å²) in [6.45, 7) is 11.5. The molecule has 4 aromatic rings. The number of rotatable bonds is 17. The van der Waals surface area contributed by atoms with Gasteiger partial charge in [0.1, 0.15) is 22.4 Å². The van der Waals surface area contributed by atoms with Crippen molar-refractivity contribution < 1.29 is 37.0 Å². The number of hydrogen-bond donors (Lipinski definition) is 2. The summed E-state index contributed by atoms with van der Waals surface area (Å²) in [5.74, 6) is 1.49. The van der Waals surface area contributed by atoms with Gasteiger partial charge in [0, 0.05) is 42.8 Å². The summed E-state index contributed by atoms with van der Waals surface area (Å²) in [5, 5.41) is 8.17. The Balaban J connectivity index is 1.02. The van der Waals surface area contributed by atoms with Gasteiger partial charge in [-0.1, -0.05) is 41.9 Å². The van der Waals surface area contributed by atoms with E-state index in [0.717, 1.165) is 36.8 Å². The average molecular weight is 858 g/mol. The van der Waals surface area contributed by atoms with Crippen LogP contribution in [0.1, 0.15) is 95.5 Å². The number of nitrogens with zero attached hydrogens (tertiary/aromatic N) is 5. The Morgan fingerprint density at radius 1 is 0.983 bits per heavy atom. The quantitative estimate of drug-likeness (QED) is 0.0601. The number of ether oxygens (including phenoxy) is 3. The van der Waals surface area contributed by atoms with Crippen LogP contribution in [-0.2, 0) is 11.3 Å². The summed E-state index contributed by atoms with van der Waals surface area (Å²) in [5.41, 5.74) is -1.29. The van der Waals surface area contributed by atoms with Crippen molar-refractivity contribution in [3.05, 3.63) is 83.1 Å². The maximum atomic E-state index is 13.2. The van der Waals surface area contributed by atoms with E-state index in [1.807, 2.05) is 62.1 Å². The zero-order valence-electron chi connectivity index (χ0n) is 33.9. The van der Waals surface area contributed by atoms with Gasteiger partial charge in [-0.2, -0.15) is 13.2 Å². The number of carbonyl (C=O) groups excluding carboxylic acids is 2. The molecule has 2 N–H and O–H groups in total. The number of hydrogen-bond acceptors (Lipinski definition) is 10. The van der Waals surface area contributed by atoms with E-state index in [0.29, 0.717) is 48.0 Å². The number of anilines is 1. The zero-order chi connectivity index (χ0) is 42.4. The highest BCUT2D eigenvalue weighted by molar-refractivity contribution is 7.97. The molecule has 2 fully saturated rings. The molecule has 1 aliphatic carbocycles. The minimum absolute atomic E-state index is 0.0258. The van der Waals surface area contributed by atoms with Gasteiger partial charge in [-0.3, -0.25) is 9.52 Å². The molecule has 12 nitrogen and oxygen atoms in total. The second kappa shape index (κ2) is 18.3. The molecule has 6 rings (SSSR count). The number of likely N-dealkylation sites (tertiary alicyclic amines) is 1. The molecule has 0 radical (unpaired) electrons. The van der Waals surface area contributed by atoms with Gasteiger partial charge in [0.25, 0.3) is 5.91 Å². The summed E-state index contributed by atoms with van der Waals surface area (Å²) in [4.78, 5) is 37.1. The van der Waals surface area contributed by atoms with Crippen LogP contribution in [0.5, 0.6) is 11.6 Å². The summed E-state index contributed by atoms with van der Waals surface area (Å²) >= 11 is 7.47. The van der Waals surface area contributed by atoms with E-state index in [-0.39, 0.29) is 60.5 Å². The first-order chi connectivity index (χ1) is 27.9. The van der Waals surface area contributed by atoms with Crippen molar-refractivity contribution in [1.29, 1.82) is 0 Å². The van der Waals surface area contributed by atoms with E-state index < -0.39 is 23.1 Å². The largest absolute Gasteiger partial charge is 0.485 e. The number of carbonyl (C=O) groups is 2. The maximum Gasteiger partial charge on any atom is 0.410 e. The molecule has 0 unspecified atom stereocenters. The van der Waals surface area contributed by atoms with E-state index in [2.05, 4.69) is 34.0 Å². The van der Waals surface area contributed by atoms with E-state index in [9.17, 15) is 22.8 Å². The number of amides is 2. The standard InChI is InChI=1S/C42H51ClF3N7O5S/c1-39(2,3)58-38(55)52-26-29(25-40(52,4)5)13-9-22-47-36-31(57-27-28-11-7-6-8-12-28)15-17-34(49-36)59-51-37(54)30-14-16-32(48-35(30)43)53-23-18-33(50-53)56-24-10-19-41(20-21-41)42(44,45)46/h6-8,11-12,14-18,23,29H,9-10,13,19-22,24-27H2,1-5H3,(H,47,49)(H,51,54)/t29-/m0/s1. The lowest BCUT2D eigenvalue weighted by Gasteiger charge is -2.33. The fraction of sp³-hybridized carbons (Fsp3) is 0.500. The summed E-state index contributed by atoms with van der Waals surface area (Å²) in [6.07, 6.45) is 0.340. The number of alkyl halides is 3. The molecule has 1 atom stereocenters.